The maximum Gasteiger partial charge on any atom is 0.334 e. The number of benzene rings is 1. The lowest BCUT2D eigenvalue weighted by atomic mass is 9.78. The molecule has 1 aliphatic heterocycles. The summed E-state index contributed by atoms with van der Waals surface area (Å²) in [6, 6.07) is 7.21. The summed E-state index contributed by atoms with van der Waals surface area (Å²) in [4.78, 5) is 27.6. The molecule has 4 rings (SSSR count). The number of rotatable bonds is 6. The Bertz CT molecular complexity index is 989. The topological polar surface area (TPSA) is 81.9 Å². The van der Waals surface area contributed by atoms with E-state index < -0.39 is 17.7 Å². The number of fused-ring (bicyclic) bond motifs is 2. The molecule has 1 aromatic heterocycles. The van der Waals surface area contributed by atoms with Crippen LogP contribution in [-0.2, 0) is 31.3 Å². The highest BCUT2D eigenvalue weighted by Gasteiger charge is 2.55. The Labute approximate surface area is 189 Å². The van der Waals surface area contributed by atoms with Crippen molar-refractivity contribution in [3.05, 3.63) is 52.1 Å². The third-order valence-corrected chi connectivity index (χ3v) is 6.07. The van der Waals surface area contributed by atoms with Crippen molar-refractivity contribution >= 4 is 27.9 Å². The van der Waals surface area contributed by atoms with Gasteiger partial charge in [-0.1, -0.05) is 37.2 Å². The second-order valence-electron chi connectivity index (χ2n) is 7.79. The monoisotopic (exact) mass is 488 g/mol. The Hall–Kier alpha value is -2.45. The summed E-state index contributed by atoms with van der Waals surface area (Å²) in [5.41, 5.74) is 2.30. The lowest BCUT2D eigenvalue weighted by Crippen LogP contribution is -2.57. The van der Waals surface area contributed by atoms with Crippen LogP contribution in [0.15, 0.2) is 45.5 Å². The van der Waals surface area contributed by atoms with Gasteiger partial charge in [0, 0.05) is 23.8 Å². The number of carbonyl (C=O) groups is 2. The normalized spacial score (nSPS) is 19.8. The fourth-order valence-electron chi connectivity index (χ4n) is 4.64. The first-order valence-corrected chi connectivity index (χ1v) is 11.4. The maximum atomic E-state index is 12.6. The van der Waals surface area contributed by atoms with Crippen LogP contribution in [0.25, 0.3) is 11.3 Å². The molecule has 1 aliphatic carbocycles. The number of aryl methyl sites for hydroxylation is 1. The van der Waals surface area contributed by atoms with Gasteiger partial charge in [-0.15, -0.1) is 0 Å². The Morgan fingerprint density at radius 1 is 1.13 bits per heavy atom. The van der Waals surface area contributed by atoms with Crippen molar-refractivity contribution in [1.82, 2.24) is 10.1 Å². The van der Waals surface area contributed by atoms with E-state index in [1.54, 1.807) is 6.07 Å². The van der Waals surface area contributed by atoms with Gasteiger partial charge in [-0.05, 0) is 60.3 Å². The maximum absolute atomic E-state index is 12.6. The fraction of sp³-hybridized carbons (Fsp3) is 0.435. The largest absolute Gasteiger partial charge is 0.413 e. The molecule has 164 valence electrons. The van der Waals surface area contributed by atoms with Crippen molar-refractivity contribution in [2.24, 2.45) is 0 Å². The smallest absolute Gasteiger partial charge is 0.334 e. The predicted octanol–water partition coefficient (Wildman–Crippen LogP) is 4.35. The SMILES string of the molecule is CCCN(CCC)C1CCc2cccc(-c3cc(Br)no3)c2C12OC(=O)C=CC(=O)O2. The van der Waals surface area contributed by atoms with Crippen molar-refractivity contribution in [2.75, 3.05) is 13.1 Å². The molecule has 31 heavy (non-hydrogen) atoms. The number of aromatic nitrogens is 1. The van der Waals surface area contributed by atoms with Gasteiger partial charge < -0.3 is 14.0 Å². The van der Waals surface area contributed by atoms with Crippen LogP contribution in [0, 0.1) is 0 Å². The zero-order chi connectivity index (χ0) is 22.0. The third-order valence-electron chi connectivity index (χ3n) is 5.69. The zero-order valence-electron chi connectivity index (χ0n) is 17.6. The Kier molecular flexibility index (Phi) is 6.29. The van der Waals surface area contributed by atoms with Gasteiger partial charge in [-0.3, -0.25) is 4.90 Å². The van der Waals surface area contributed by atoms with Crippen molar-refractivity contribution in [3.63, 3.8) is 0 Å². The number of halogens is 1. The Balaban J connectivity index is 1.95. The highest BCUT2D eigenvalue weighted by Crippen LogP contribution is 2.47. The first-order valence-electron chi connectivity index (χ1n) is 10.6. The van der Waals surface area contributed by atoms with E-state index in [-0.39, 0.29) is 6.04 Å². The molecule has 0 saturated carbocycles. The lowest BCUT2D eigenvalue weighted by Gasteiger charge is -2.47. The van der Waals surface area contributed by atoms with Gasteiger partial charge in [-0.2, -0.15) is 0 Å². The fourth-order valence-corrected chi connectivity index (χ4v) is 4.92. The highest BCUT2D eigenvalue weighted by atomic mass is 79.9. The minimum Gasteiger partial charge on any atom is -0.413 e. The van der Waals surface area contributed by atoms with Gasteiger partial charge in [0.25, 0.3) is 0 Å². The molecule has 2 heterocycles. The van der Waals surface area contributed by atoms with Crippen LogP contribution in [0.2, 0.25) is 0 Å². The molecule has 0 radical (unpaired) electrons. The molecular formula is C23H25BrN2O5. The molecule has 0 bridgehead atoms. The van der Waals surface area contributed by atoms with E-state index >= 15 is 0 Å². The number of esters is 2. The van der Waals surface area contributed by atoms with Crippen molar-refractivity contribution in [3.8, 4) is 11.3 Å². The third kappa shape index (κ3) is 4.06. The van der Waals surface area contributed by atoms with Crippen LogP contribution in [0.4, 0.5) is 0 Å². The number of hydrogen-bond acceptors (Lipinski definition) is 7. The second kappa shape index (κ2) is 8.96. The van der Waals surface area contributed by atoms with Crippen LogP contribution in [0.1, 0.15) is 44.2 Å². The van der Waals surface area contributed by atoms with Crippen molar-refractivity contribution in [2.45, 2.75) is 51.4 Å². The van der Waals surface area contributed by atoms with Gasteiger partial charge >= 0.3 is 17.7 Å². The molecule has 7 nitrogen and oxygen atoms in total. The summed E-state index contributed by atoms with van der Waals surface area (Å²) < 4.78 is 18.1. The van der Waals surface area contributed by atoms with E-state index in [4.69, 9.17) is 14.0 Å². The molecular weight excluding hydrogens is 464 g/mol. The first-order chi connectivity index (χ1) is 15.0. The number of hydrogen-bond donors (Lipinski definition) is 0. The van der Waals surface area contributed by atoms with Crippen LogP contribution < -0.4 is 0 Å². The Morgan fingerprint density at radius 3 is 2.39 bits per heavy atom. The summed E-state index contributed by atoms with van der Waals surface area (Å²) in [6.45, 7) is 5.81. The number of carbonyl (C=O) groups excluding carboxylic acids is 2. The zero-order valence-corrected chi connectivity index (χ0v) is 19.2. The molecule has 2 aliphatic rings. The van der Waals surface area contributed by atoms with Crippen molar-refractivity contribution in [1.29, 1.82) is 0 Å². The van der Waals surface area contributed by atoms with Crippen LogP contribution in [0.5, 0.6) is 0 Å². The number of nitrogens with zero attached hydrogens (tertiary/aromatic N) is 2. The molecule has 8 heteroatoms. The molecule has 0 amide bonds. The lowest BCUT2D eigenvalue weighted by molar-refractivity contribution is -0.254. The van der Waals surface area contributed by atoms with Crippen LogP contribution in [0.3, 0.4) is 0 Å². The van der Waals surface area contributed by atoms with Gasteiger partial charge in [0.2, 0.25) is 0 Å². The van der Waals surface area contributed by atoms with Gasteiger partial charge in [-0.25, -0.2) is 9.59 Å². The van der Waals surface area contributed by atoms with Crippen LogP contribution in [-0.4, -0.2) is 41.1 Å². The van der Waals surface area contributed by atoms with E-state index in [0.29, 0.717) is 27.9 Å². The highest BCUT2D eigenvalue weighted by molar-refractivity contribution is 9.10. The molecule has 1 unspecified atom stereocenters. The average Bonchev–Trinajstić information content (AvgIpc) is 3.12. The average molecular weight is 489 g/mol. The van der Waals surface area contributed by atoms with E-state index in [1.165, 1.54) is 0 Å². The minimum absolute atomic E-state index is 0.319. The first kappa shape index (κ1) is 21.8. The molecule has 0 fully saturated rings. The molecule has 0 saturated heterocycles. The van der Waals surface area contributed by atoms with Gasteiger partial charge in [0.05, 0.1) is 11.6 Å². The summed E-state index contributed by atoms with van der Waals surface area (Å²) in [5, 5.41) is 3.94. The summed E-state index contributed by atoms with van der Waals surface area (Å²) in [5.74, 6) is -2.29. The van der Waals surface area contributed by atoms with E-state index in [1.807, 2.05) is 18.2 Å². The molecule has 0 N–H and O–H groups in total. The van der Waals surface area contributed by atoms with E-state index in [2.05, 4.69) is 39.8 Å². The summed E-state index contributed by atoms with van der Waals surface area (Å²) in [7, 11) is 0. The minimum atomic E-state index is -1.58. The molecule has 1 spiro atoms. The van der Waals surface area contributed by atoms with Gasteiger partial charge in [0.15, 0.2) is 5.76 Å². The van der Waals surface area contributed by atoms with E-state index in [0.717, 1.165) is 50.1 Å². The molecule has 2 aromatic rings. The second-order valence-corrected chi connectivity index (χ2v) is 8.60. The summed E-state index contributed by atoms with van der Waals surface area (Å²) in [6.07, 6.45) is 5.56. The Morgan fingerprint density at radius 2 is 1.81 bits per heavy atom. The van der Waals surface area contributed by atoms with Crippen LogP contribution >= 0.6 is 15.9 Å². The van der Waals surface area contributed by atoms with E-state index in [9.17, 15) is 9.59 Å². The summed E-state index contributed by atoms with van der Waals surface area (Å²) >= 11 is 3.33. The standard InChI is InChI=1S/C23H25BrN2O5/c1-3-12-26(13-4-2)18-9-8-15-6-5-7-16(17-14-19(24)25-31-17)22(15)23(18)29-20(27)10-11-21(28)30-23/h5-7,10-11,14,18H,3-4,8-9,12-13H2,1-2H3. The van der Waals surface area contributed by atoms with Crippen molar-refractivity contribution < 1.29 is 23.6 Å². The quantitative estimate of drug-likeness (QED) is 0.558. The number of ether oxygens (including phenoxy) is 2. The molecule has 1 aromatic carbocycles. The molecule has 1 atom stereocenters. The van der Waals surface area contributed by atoms with Gasteiger partial charge in [0.1, 0.15) is 4.60 Å². The predicted molar refractivity (Wildman–Crippen MR) is 117 cm³/mol.